The number of rotatable bonds is 64. The Bertz CT molecular complexity index is 2440. The van der Waals surface area contributed by atoms with Crippen LogP contribution in [0.2, 0.25) is 0 Å². The zero-order valence-electron chi connectivity index (χ0n) is 65.1. The minimum absolute atomic E-state index is 0.193. The van der Waals surface area contributed by atoms with Crippen LogP contribution in [0.15, 0.2) is 134 Å². The fraction of sp³-hybridized carbons (Fsp3) is 0.736. The third-order valence-corrected chi connectivity index (χ3v) is 19.7. The third-order valence-electron chi connectivity index (χ3n) is 19.7. The number of unbranched alkanes of at least 4 members (excludes halogenated alkanes) is 28. The summed E-state index contributed by atoms with van der Waals surface area (Å²) in [4.78, 5) is 13.5. The van der Waals surface area contributed by atoms with E-state index in [1.807, 2.05) is 6.08 Å². The first kappa shape index (κ1) is 96.1. The number of carbonyl (C=O) groups is 1. The van der Waals surface area contributed by atoms with E-state index < -0.39 is 131 Å². The number of amides is 1. The summed E-state index contributed by atoms with van der Waals surface area (Å²) in [7, 11) is 0. The predicted octanol–water partition coefficient (Wildman–Crippen LogP) is 14.4. The molecule has 3 rings (SSSR count). The van der Waals surface area contributed by atoms with E-state index in [1.165, 1.54) is 141 Å². The van der Waals surface area contributed by atoms with Crippen LogP contribution >= 0.6 is 0 Å². The summed E-state index contributed by atoms with van der Waals surface area (Å²) in [5.41, 5.74) is 0. The molecule has 0 aromatic carbocycles. The van der Waals surface area contributed by atoms with Crippen molar-refractivity contribution in [2.75, 3.05) is 26.4 Å². The normalized spacial score (nSPS) is 26.4. The van der Waals surface area contributed by atoms with E-state index in [0.717, 1.165) is 103 Å². The molecule has 3 saturated heterocycles. The number of ether oxygens (including phenoxy) is 6. The number of carbonyl (C=O) groups excluding carboxylic acids is 1. The Morgan fingerprint density at radius 1 is 0.349 bits per heavy atom. The van der Waals surface area contributed by atoms with Crippen LogP contribution in [0.5, 0.6) is 0 Å². The predicted molar refractivity (Wildman–Crippen MR) is 424 cm³/mol. The molecule has 0 saturated carbocycles. The molecule has 3 aliphatic heterocycles. The number of hydrogen-bond acceptors (Lipinski definition) is 18. The number of hydrogen-bond donors (Lipinski definition) is 12. The number of aliphatic hydroxyl groups excluding tert-OH is 11. The van der Waals surface area contributed by atoms with Crippen molar-refractivity contribution in [2.45, 2.75) is 381 Å². The molecule has 12 N–H and O–H groups in total. The molecule has 0 aromatic rings. The Hall–Kier alpha value is -4.07. The van der Waals surface area contributed by atoms with Gasteiger partial charge in [-0.3, -0.25) is 4.79 Å². The van der Waals surface area contributed by atoms with E-state index in [1.54, 1.807) is 6.08 Å². The molecular formula is C87H147NO18. The van der Waals surface area contributed by atoms with Crippen molar-refractivity contribution in [3.8, 4) is 0 Å². The quantitative estimate of drug-likeness (QED) is 0.0199. The number of allylic oxidation sites excluding steroid dienone is 21. The Morgan fingerprint density at radius 3 is 1.06 bits per heavy atom. The maximum Gasteiger partial charge on any atom is 0.220 e. The van der Waals surface area contributed by atoms with Gasteiger partial charge in [0, 0.05) is 6.42 Å². The molecule has 0 bridgehead atoms. The zero-order valence-corrected chi connectivity index (χ0v) is 65.1. The van der Waals surface area contributed by atoms with E-state index >= 15 is 0 Å². The topological polar surface area (TPSA) is 307 Å². The van der Waals surface area contributed by atoms with Gasteiger partial charge in [0.05, 0.1) is 38.6 Å². The van der Waals surface area contributed by atoms with Crippen molar-refractivity contribution < 1.29 is 89.4 Å². The lowest BCUT2D eigenvalue weighted by Crippen LogP contribution is -2.66. The summed E-state index contributed by atoms with van der Waals surface area (Å²) in [6, 6.07) is -1.02. The van der Waals surface area contributed by atoms with E-state index in [0.29, 0.717) is 12.8 Å². The van der Waals surface area contributed by atoms with E-state index in [4.69, 9.17) is 28.4 Å². The highest BCUT2D eigenvalue weighted by molar-refractivity contribution is 5.76. The van der Waals surface area contributed by atoms with Crippen LogP contribution in [0.3, 0.4) is 0 Å². The highest BCUT2D eigenvalue weighted by atomic mass is 16.8. The van der Waals surface area contributed by atoms with Crippen LogP contribution < -0.4 is 5.32 Å². The van der Waals surface area contributed by atoms with Gasteiger partial charge >= 0.3 is 0 Å². The van der Waals surface area contributed by atoms with Crippen molar-refractivity contribution in [3.63, 3.8) is 0 Å². The lowest BCUT2D eigenvalue weighted by atomic mass is 9.96. The Morgan fingerprint density at radius 2 is 0.660 bits per heavy atom. The number of aliphatic hydroxyl groups is 11. The number of nitrogens with one attached hydrogen (secondary N) is 1. The van der Waals surface area contributed by atoms with Gasteiger partial charge in [-0.1, -0.05) is 295 Å². The minimum Gasteiger partial charge on any atom is -0.394 e. The van der Waals surface area contributed by atoms with Crippen molar-refractivity contribution in [1.29, 1.82) is 0 Å². The molecule has 19 nitrogen and oxygen atoms in total. The van der Waals surface area contributed by atoms with Crippen LogP contribution in [-0.2, 0) is 33.2 Å². The van der Waals surface area contributed by atoms with Gasteiger partial charge in [0.15, 0.2) is 18.9 Å². The summed E-state index contributed by atoms with van der Waals surface area (Å²) in [6.45, 7) is 1.59. The average molecular weight is 1500 g/mol. The first-order valence-corrected chi connectivity index (χ1v) is 41.4. The first-order valence-electron chi connectivity index (χ1n) is 41.4. The minimum atomic E-state index is -1.99. The summed E-state index contributed by atoms with van der Waals surface area (Å²) >= 11 is 0. The van der Waals surface area contributed by atoms with Gasteiger partial charge in [0.2, 0.25) is 5.91 Å². The third kappa shape index (κ3) is 44.7. The maximum atomic E-state index is 13.5. The van der Waals surface area contributed by atoms with Crippen molar-refractivity contribution in [3.05, 3.63) is 134 Å². The molecule has 17 unspecified atom stereocenters. The first-order chi connectivity index (χ1) is 51.8. The molecule has 0 radical (unpaired) electrons. The maximum absolute atomic E-state index is 13.5. The fourth-order valence-corrected chi connectivity index (χ4v) is 13.1. The molecule has 1 amide bonds. The van der Waals surface area contributed by atoms with E-state index in [9.17, 15) is 61.0 Å². The van der Waals surface area contributed by atoms with Crippen LogP contribution in [0.4, 0.5) is 0 Å². The summed E-state index contributed by atoms with van der Waals surface area (Å²) in [5.74, 6) is -0.318. The molecule has 0 aliphatic carbocycles. The molecule has 17 atom stereocenters. The molecule has 3 heterocycles. The molecule has 3 fully saturated rings. The second-order valence-electron chi connectivity index (χ2n) is 28.8. The van der Waals surface area contributed by atoms with Gasteiger partial charge in [-0.05, 0) is 109 Å². The lowest BCUT2D eigenvalue weighted by molar-refractivity contribution is -0.379. The van der Waals surface area contributed by atoms with Crippen LogP contribution in [0, 0.1) is 0 Å². The Kier molecular flexibility index (Phi) is 59.5. The Balaban J connectivity index is 1.41. The standard InChI is InChI=1S/C87H147NO18/c1-3-5-7-9-11-13-15-17-19-21-23-25-27-29-31-33-34-35-37-38-40-42-44-46-48-50-52-54-56-58-60-62-64-71(92)70(88-75(93)65-63-61-59-57-55-53-51-49-47-45-43-41-39-36-32-30-28-26-24-22-20-18-16-14-12-10-8-6-4-2)69-101-85-81(99)78(96)83(73(67-90)103-85)106-87-82(100)79(97)84(74(68-91)104-87)105-86-80(98)77(95)76(94)72(66-89)102-86/h6,8,12,14,18,20,24,26,30,32,39,41,45-48,51,53-54,56,62,64,70-74,76-87,89-92,94-100H,3-5,7,9-11,13,15-17,19,21-23,25,27-29,31,33-38,40,42-44,49-50,52,55,57-61,63,65-69H2,1-2H3,(H,88,93)/b8-6-,14-12-,20-18-,26-24-,32-30-,41-39-,47-45-,48-46+,53-51-,56-54+,64-62+. The summed E-state index contributed by atoms with van der Waals surface area (Å²) in [6.07, 6.45) is 67.3. The van der Waals surface area contributed by atoms with Gasteiger partial charge in [0.25, 0.3) is 0 Å². The molecular weight excluding hydrogens is 1350 g/mol. The van der Waals surface area contributed by atoms with E-state index in [2.05, 4.69) is 141 Å². The van der Waals surface area contributed by atoms with Crippen LogP contribution in [-0.4, -0.2) is 193 Å². The van der Waals surface area contributed by atoms with Gasteiger partial charge in [-0.25, -0.2) is 0 Å². The van der Waals surface area contributed by atoms with Crippen molar-refractivity contribution in [2.24, 2.45) is 0 Å². The largest absolute Gasteiger partial charge is 0.394 e. The molecule has 0 aromatic heterocycles. The molecule has 106 heavy (non-hydrogen) atoms. The molecule has 0 spiro atoms. The van der Waals surface area contributed by atoms with Crippen molar-refractivity contribution in [1.82, 2.24) is 5.32 Å². The van der Waals surface area contributed by atoms with Gasteiger partial charge in [-0.2, -0.15) is 0 Å². The highest BCUT2D eigenvalue weighted by Crippen LogP contribution is 2.33. The average Bonchev–Trinajstić information content (AvgIpc) is 0.781. The smallest absolute Gasteiger partial charge is 0.220 e. The second-order valence-corrected chi connectivity index (χ2v) is 28.8. The summed E-state index contributed by atoms with van der Waals surface area (Å²) in [5, 5.41) is 121. The van der Waals surface area contributed by atoms with Gasteiger partial charge in [0.1, 0.15) is 73.2 Å². The van der Waals surface area contributed by atoms with Crippen LogP contribution in [0.25, 0.3) is 0 Å². The van der Waals surface area contributed by atoms with Crippen molar-refractivity contribution >= 4 is 5.91 Å². The summed E-state index contributed by atoms with van der Waals surface area (Å²) < 4.78 is 34.4. The molecule has 3 aliphatic rings. The second kappa shape index (κ2) is 65.6. The van der Waals surface area contributed by atoms with Gasteiger partial charge < -0.3 is 89.9 Å². The van der Waals surface area contributed by atoms with Crippen LogP contribution in [0.1, 0.15) is 277 Å². The monoisotopic (exact) mass is 1490 g/mol. The molecule has 608 valence electrons. The van der Waals surface area contributed by atoms with E-state index in [-0.39, 0.29) is 12.3 Å². The molecule has 19 heteroatoms. The lowest BCUT2D eigenvalue weighted by Gasteiger charge is -2.48. The highest BCUT2D eigenvalue weighted by Gasteiger charge is 2.54. The SMILES string of the molecule is CC/C=C\C/C=C\C/C=C\C/C=C\C/C=C\C/C=C\C/C=C\C/C=C\CCCCCCC(=O)NC(COC1OC(CO)C(OC2OC(CO)C(OC3OC(CO)C(O)C(O)C3O)C(O)C2O)C(O)C1O)C(O)/C=C/CC/C=C/CC/C=C/CCCCCCCCCCCCCCCCCCCCCCCC. The fourth-order valence-electron chi connectivity index (χ4n) is 13.1. The van der Waals surface area contributed by atoms with Gasteiger partial charge in [-0.15, -0.1) is 0 Å². The Labute approximate surface area is 639 Å². The zero-order chi connectivity index (χ0) is 76.7.